The molecule has 0 aliphatic heterocycles. The Bertz CT molecular complexity index is 349. The van der Waals surface area contributed by atoms with Crippen LogP contribution >= 0.6 is 0 Å². The highest BCUT2D eigenvalue weighted by atomic mass is 15.3. The van der Waals surface area contributed by atoms with Gasteiger partial charge in [-0.25, -0.2) is 0 Å². The zero-order valence-electron chi connectivity index (χ0n) is 12.6. The van der Waals surface area contributed by atoms with Crippen molar-refractivity contribution in [3.63, 3.8) is 0 Å². The topological polar surface area (TPSA) is 43.8 Å². The highest BCUT2D eigenvalue weighted by Gasteiger charge is 2.19. The van der Waals surface area contributed by atoms with E-state index >= 15 is 0 Å². The quantitative estimate of drug-likeness (QED) is 0.836. The first-order valence-corrected chi connectivity index (χ1v) is 7.10. The molecule has 0 spiro atoms. The third-order valence-corrected chi connectivity index (χ3v) is 3.18. The molecule has 1 rings (SSSR count). The van der Waals surface area contributed by atoms with Crippen LogP contribution in [-0.2, 0) is 6.54 Å². The first-order valence-electron chi connectivity index (χ1n) is 7.10. The SMILES string of the molecule is CCCn1nccc1C(N)CC(C)CC(C)(C)C. The molecule has 1 aromatic rings. The maximum Gasteiger partial charge on any atom is 0.0551 e. The second-order valence-electron chi connectivity index (χ2n) is 6.69. The van der Waals surface area contributed by atoms with Gasteiger partial charge in [-0.1, -0.05) is 34.6 Å². The standard InChI is InChI=1S/C15H29N3/c1-6-9-18-14(7-8-17-18)13(16)10-12(2)11-15(3,4)5/h7-8,12-13H,6,9-11,16H2,1-5H3. The van der Waals surface area contributed by atoms with Gasteiger partial charge in [-0.3, -0.25) is 4.68 Å². The van der Waals surface area contributed by atoms with Crippen molar-refractivity contribution in [3.05, 3.63) is 18.0 Å². The number of rotatable bonds is 6. The molecule has 2 atom stereocenters. The summed E-state index contributed by atoms with van der Waals surface area (Å²) in [7, 11) is 0. The van der Waals surface area contributed by atoms with E-state index in [1.54, 1.807) is 0 Å². The summed E-state index contributed by atoms with van der Waals surface area (Å²) in [5, 5.41) is 4.35. The molecule has 1 heterocycles. The first kappa shape index (κ1) is 15.2. The predicted molar refractivity (Wildman–Crippen MR) is 77.3 cm³/mol. The van der Waals surface area contributed by atoms with E-state index in [0.717, 1.165) is 19.4 Å². The molecule has 3 nitrogen and oxygen atoms in total. The molecule has 0 aliphatic rings. The summed E-state index contributed by atoms with van der Waals surface area (Å²) >= 11 is 0. The Balaban J connectivity index is 2.59. The molecule has 18 heavy (non-hydrogen) atoms. The van der Waals surface area contributed by atoms with E-state index in [1.165, 1.54) is 12.1 Å². The lowest BCUT2D eigenvalue weighted by Crippen LogP contribution is -2.21. The van der Waals surface area contributed by atoms with E-state index < -0.39 is 0 Å². The van der Waals surface area contributed by atoms with E-state index in [-0.39, 0.29) is 6.04 Å². The van der Waals surface area contributed by atoms with Gasteiger partial charge in [-0.2, -0.15) is 5.10 Å². The molecule has 104 valence electrons. The van der Waals surface area contributed by atoms with E-state index in [2.05, 4.69) is 50.5 Å². The summed E-state index contributed by atoms with van der Waals surface area (Å²) < 4.78 is 2.05. The van der Waals surface area contributed by atoms with Crippen LogP contribution in [-0.4, -0.2) is 9.78 Å². The third kappa shape index (κ3) is 4.81. The van der Waals surface area contributed by atoms with Crippen molar-refractivity contribution < 1.29 is 0 Å². The molecule has 2 unspecified atom stereocenters. The van der Waals surface area contributed by atoms with Gasteiger partial charge in [0.25, 0.3) is 0 Å². The van der Waals surface area contributed by atoms with Crippen LogP contribution in [0.5, 0.6) is 0 Å². The predicted octanol–water partition coefficient (Wildman–Crippen LogP) is 3.76. The molecule has 0 saturated carbocycles. The average molecular weight is 251 g/mol. The highest BCUT2D eigenvalue weighted by Crippen LogP contribution is 2.29. The van der Waals surface area contributed by atoms with Crippen LogP contribution in [0.25, 0.3) is 0 Å². The smallest absolute Gasteiger partial charge is 0.0551 e. The van der Waals surface area contributed by atoms with Crippen LogP contribution < -0.4 is 5.73 Å². The minimum atomic E-state index is 0.108. The molecule has 0 aromatic carbocycles. The molecule has 0 radical (unpaired) electrons. The zero-order valence-corrected chi connectivity index (χ0v) is 12.6. The summed E-state index contributed by atoms with van der Waals surface area (Å²) in [4.78, 5) is 0. The fourth-order valence-corrected chi connectivity index (χ4v) is 2.74. The Hall–Kier alpha value is -0.830. The molecule has 0 bridgehead atoms. The van der Waals surface area contributed by atoms with Crippen molar-refractivity contribution >= 4 is 0 Å². The van der Waals surface area contributed by atoms with Crippen LogP contribution in [0.15, 0.2) is 12.3 Å². The molecule has 0 amide bonds. The molecule has 1 aromatic heterocycles. The van der Waals surface area contributed by atoms with E-state index in [0.29, 0.717) is 11.3 Å². The first-order chi connectivity index (χ1) is 8.33. The lowest BCUT2D eigenvalue weighted by Gasteiger charge is -2.25. The fraction of sp³-hybridized carbons (Fsp3) is 0.800. The highest BCUT2D eigenvalue weighted by molar-refractivity contribution is 5.06. The zero-order chi connectivity index (χ0) is 13.8. The lowest BCUT2D eigenvalue weighted by molar-refractivity contribution is 0.283. The minimum Gasteiger partial charge on any atom is -0.323 e. The van der Waals surface area contributed by atoms with Gasteiger partial charge in [0.05, 0.1) is 5.69 Å². The second kappa shape index (κ2) is 6.37. The van der Waals surface area contributed by atoms with E-state index in [4.69, 9.17) is 5.73 Å². The summed E-state index contributed by atoms with van der Waals surface area (Å²) in [6.07, 6.45) is 5.20. The van der Waals surface area contributed by atoms with Crippen molar-refractivity contribution in [2.75, 3.05) is 0 Å². The average Bonchev–Trinajstić information content (AvgIpc) is 2.63. The van der Waals surface area contributed by atoms with Crippen LogP contribution in [0, 0.1) is 11.3 Å². The van der Waals surface area contributed by atoms with Crippen molar-refractivity contribution in [3.8, 4) is 0 Å². The summed E-state index contributed by atoms with van der Waals surface area (Å²) in [5.41, 5.74) is 7.89. The van der Waals surface area contributed by atoms with Gasteiger partial charge in [0.15, 0.2) is 0 Å². The second-order valence-corrected chi connectivity index (χ2v) is 6.69. The molecular weight excluding hydrogens is 222 g/mol. The van der Waals surface area contributed by atoms with Crippen molar-refractivity contribution in [1.82, 2.24) is 9.78 Å². The Morgan fingerprint density at radius 1 is 1.39 bits per heavy atom. The van der Waals surface area contributed by atoms with Gasteiger partial charge < -0.3 is 5.73 Å². The van der Waals surface area contributed by atoms with Gasteiger partial charge in [-0.05, 0) is 36.7 Å². The summed E-state index contributed by atoms with van der Waals surface area (Å²) in [5.74, 6) is 0.643. The monoisotopic (exact) mass is 251 g/mol. The number of aromatic nitrogens is 2. The third-order valence-electron chi connectivity index (χ3n) is 3.18. The van der Waals surface area contributed by atoms with Crippen LogP contribution in [0.4, 0.5) is 0 Å². The Labute approximate surface area is 112 Å². The molecule has 3 heteroatoms. The van der Waals surface area contributed by atoms with Gasteiger partial charge >= 0.3 is 0 Å². The number of nitrogens with two attached hydrogens (primary N) is 1. The number of hydrogen-bond donors (Lipinski definition) is 1. The Kier molecular flexibility index (Phi) is 5.39. The molecule has 2 N–H and O–H groups in total. The van der Waals surface area contributed by atoms with E-state index in [9.17, 15) is 0 Å². The number of nitrogens with zero attached hydrogens (tertiary/aromatic N) is 2. The summed E-state index contributed by atoms with van der Waals surface area (Å²) in [6.45, 7) is 12.3. The van der Waals surface area contributed by atoms with Gasteiger partial charge in [0, 0.05) is 18.8 Å². The van der Waals surface area contributed by atoms with Crippen LogP contribution in [0.3, 0.4) is 0 Å². The van der Waals surface area contributed by atoms with Crippen molar-refractivity contribution in [1.29, 1.82) is 0 Å². The Morgan fingerprint density at radius 3 is 2.61 bits per heavy atom. The van der Waals surface area contributed by atoms with E-state index in [1.807, 2.05) is 6.20 Å². The lowest BCUT2D eigenvalue weighted by atomic mass is 9.82. The van der Waals surface area contributed by atoms with Crippen molar-refractivity contribution in [2.24, 2.45) is 17.1 Å². The van der Waals surface area contributed by atoms with Crippen molar-refractivity contribution in [2.45, 2.75) is 66.5 Å². The maximum atomic E-state index is 6.33. The largest absolute Gasteiger partial charge is 0.323 e. The molecule has 0 saturated heterocycles. The van der Waals surface area contributed by atoms with Crippen LogP contribution in [0.1, 0.15) is 65.6 Å². The minimum absolute atomic E-state index is 0.108. The normalized spacial score (nSPS) is 15.7. The molecule has 0 fully saturated rings. The van der Waals surface area contributed by atoms with Gasteiger partial charge in [-0.15, -0.1) is 0 Å². The molecular formula is C15H29N3. The van der Waals surface area contributed by atoms with Gasteiger partial charge in [0.1, 0.15) is 0 Å². The number of aryl methyl sites for hydroxylation is 1. The van der Waals surface area contributed by atoms with Gasteiger partial charge in [0.2, 0.25) is 0 Å². The Morgan fingerprint density at radius 2 is 2.06 bits per heavy atom. The van der Waals surface area contributed by atoms with Crippen LogP contribution in [0.2, 0.25) is 0 Å². The maximum absolute atomic E-state index is 6.33. The molecule has 0 aliphatic carbocycles. The fourth-order valence-electron chi connectivity index (χ4n) is 2.74. The summed E-state index contributed by atoms with van der Waals surface area (Å²) in [6, 6.07) is 2.17. The number of hydrogen-bond acceptors (Lipinski definition) is 2.